The van der Waals surface area contributed by atoms with Gasteiger partial charge in [0.15, 0.2) is 0 Å². The van der Waals surface area contributed by atoms with Crippen LogP contribution in [-0.2, 0) is 5.41 Å². The van der Waals surface area contributed by atoms with Gasteiger partial charge in [0, 0.05) is 29.2 Å². The van der Waals surface area contributed by atoms with Crippen molar-refractivity contribution >= 4 is 23.1 Å². The molecule has 2 N–H and O–H groups in total. The van der Waals surface area contributed by atoms with E-state index in [9.17, 15) is 9.59 Å². The van der Waals surface area contributed by atoms with Crippen molar-refractivity contribution in [3.63, 3.8) is 0 Å². The Morgan fingerprint density at radius 3 is 2.43 bits per heavy atom. The molecule has 1 aliphatic carbocycles. The Morgan fingerprint density at radius 1 is 1.03 bits per heavy atom. The Hall–Kier alpha value is -3.73. The van der Waals surface area contributed by atoms with E-state index in [4.69, 9.17) is 5.11 Å². The molecule has 1 aromatic heterocycles. The number of aromatic nitrogens is 1. The van der Waals surface area contributed by atoms with Crippen LogP contribution in [0.3, 0.4) is 0 Å². The number of amides is 1. The lowest BCUT2D eigenvalue weighted by Crippen LogP contribution is -2.23. The van der Waals surface area contributed by atoms with Gasteiger partial charge in [-0.25, -0.2) is 4.79 Å². The van der Waals surface area contributed by atoms with E-state index in [1.807, 2.05) is 36.5 Å². The topological polar surface area (TPSA) is 79.3 Å². The summed E-state index contributed by atoms with van der Waals surface area (Å²) in [6.45, 7) is 4.40. The first-order chi connectivity index (χ1) is 14.3. The second kappa shape index (κ2) is 7.59. The fraction of sp³-hybridized carbons (Fsp3) is 0.160. The first kappa shape index (κ1) is 19.6. The Kier molecular flexibility index (Phi) is 4.96. The van der Waals surface area contributed by atoms with Crippen LogP contribution in [0.2, 0.25) is 0 Å². The van der Waals surface area contributed by atoms with Crippen molar-refractivity contribution in [3.8, 4) is 0 Å². The molecule has 5 heteroatoms. The third-order valence-electron chi connectivity index (χ3n) is 5.48. The highest BCUT2D eigenvalue weighted by atomic mass is 16.4. The fourth-order valence-electron chi connectivity index (χ4n) is 3.77. The number of hydrogen-bond donors (Lipinski definition) is 2. The molecule has 0 unspecified atom stereocenters. The van der Waals surface area contributed by atoms with Gasteiger partial charge in [-0.15, -0.1) is 0 Å². The van der Waals surface area contributed by atoms with Gasteiger partial charge in [0.05, 0.1) is 5.56 Å². The van der Waals surface area contributed by atoms with E-state index in [2.05, 4.69) is 30.2 Å². The van der Waals surface area contributed by atoms with Crippen LogP contribution >= 0.6 is 0 Å². The van der Waals surface area contributed by atoms with Gasteiger partial charge < -0.3 is 10.4 Å². The number of anilines is 1. The molecular weight excluding hydrogens is 376 g/mol. The number of carboxylic acids is 1. The number of aromatic carboxylic acids is 1. The van der Waals surface area contributed by atoms with E-state index < -0.39 is 5.97 Å². The number of fused-ring (bicyclic) bond motifs is 1. The van der Waals surface area contributed by atoms with E-state index in [-0.39, 0.29) is 16.9 Å². The number of pyridine rings is 1. The first-order valence-electron chi connectivity index (χ1n) is 9.75. The quantitative estimate of drug-likeness (QED) is 0.637. The predicted molar refractivity (Wildman–Crippen MR) is 117 cm³/mol. The lowest BCUT2D eigenvalue weighted by Gasteiger charge is -2.32. The van der Waals surface area contributed by atoms with Crippen LogP contribution in [0.25, 0.3) is 5.57 Å². The van der Waals surface area contributed by atoms with Gasteiger partial charge in [0.25, 0.3) is 5.91 Å². The van der Waals surface area contributed by atoms with Crippen LogP contribution in [0.4, 0.5) is 5.69 Å². The molecule has 3 aromatic rings. The molecule has 0 spiro atoms. The minimum absolute atomic E-state index is 0.0251. The second-order valence-corrected chi connectivity index (χ2v) is 8.04. The van der Waals surface area contributed by atoms with Crippen molar-refractivity contribution < 1.29 is 14.7 Å². The molecule has 4 rings (SSSR count). The molecule has 2 aromatic carbocycles. The summed E-state index contributed by atoms with van der Waals surface area (Å²) in [4.78, 5) is 28.1. The van der Waals surface area contributed by atoms with Crippen LogP contribution < -0.4 is 5.32 Å². The lowest BCUT2D eigenvalue weighted by atomic mass is 9.72. The third kappa shape index (κ3) is 3.74. The van der Waals surface area contributed by atoms with Crippen LogP contribution in [0, 0.1) is 0 Å². The molecule has 0 aliphatic heterocycles. The molecule has 30 heavy (non-hydrogen) atoms. The van der Waals surface area contributed by atoms with Crippen molar-refractivity contribution in [2.45, 2.75) is 25.7 Å². The van der Waals surface area contributed by atoms with Crippen LogP contribution in [0.5, 0.6) is 0 Å². The van der Waals surface area contributed by atoms with Gasteiger partial charge in [-0.3, -0.25) is 9.78 Å². The molecule has 1 heterocycles. The molecule has 0 radical (unpaired) electrons. The molecule has 0 bridgehead atoms. The molecular formula is C25H22N2O3. The summed E-state index contributed by atoms with van der Waals surface area (Å²) < 4.78 is 0. The predicted octanol–water partition coefficient (Wildman–Crippen LogP) is 5.15. The minimum Gasteiger partial charge on any atom is -0.478 e. The Morgan fingerprint density at radius 2 is 1.77 bits per heavy atom. The van der Waals surface area contributed by atoms with E-state index in [1.54, 1.807) is 18.3 Å². The van der Waals surface area contributed by atoms with Crippen LogP contribution in [0.15, 0.2) is 73.1 Å². The number of nitrogens with zero attached hydrogens (tertiary/aromatic N) is 1. The van der Waals surface area contributed by atoms with Crippen molar-refractivity contribution in [1.29, 1.82) is 0 Å². The molecule has 0 saturated carbocycles. The summed E-state index contributed by atoms with van der Waals surface area (Å²) >= 11 is 0. The third-order valence-corrected chi connectivity index (χ3v) is 5.48. The number of carbonyl (C=O) groups excluding carboxylic acids is 1. The monoisotopic (exact) mass is 398 g/mol. The van der Waals surface area contributed by atoms with Gasteiger partial charge in [0.2, 0.25) is 0 Å². The van der Waals surface area contributed by atoms with Crippen molar-refractivity contribution in [3.05, 3.63) is 101 Å². The molecule has 0 saturated heterocycles. The van der Waals surface area contributed by atoms with Crippen molar-refractivity contribution in [2.24, 2.45) is 0 Å². The van der Waals surface area contributed by atoms with E-state index in [0.29, 0.717) is 11.3 Å². The van der Waals surface area contributed by atoms with E-state index in [0.717, 1.165) is 23.1 Å². The van der Waals surface area contributed by atoms with Gasteiger partial charge in [0.1, 0.15) is 0 Å². The van der Waals surface area contributed by atoms with Crippen molar-refractivity contribution in [1.82, 2.24) is 4.98 Å². The van der Waals surface area contributed by atoms with Crippen LogP contribution in [0.1, 0.15) is 57.7 Å². The maximum atomic E-state index is 12.9. The summed E-state index contributed by atoms with van der Waals surface area (Å²) in [6, 6.07) is 15.8. The normalized spacial score (nSPS) is 14.4. The number of benzene rings is 2. The van der Waals surface area contributed by atoms with Crippen molar-refractivity contribution in [2.75, 3.05) is 5.32 Å². The highest BCUT2D eigenvalue weighted by Gasteiger charge is 2.29. The molecule has 150 valence electrons. The van der Waals surface area contributed by atoms with Crippen LogP contribution in [-0.4, -0.2) is 22.0 Å². The zero-order chi connectivity index (χ0) is 21.3. The summed E-state index contributed by atoms with van der Waals surface area (Å²) in [7, 11) is 0. The average molecular weight is 398 g/mol. The van der Waals surface area contributed by atoms with E-state index >= 15 is 0 Å². The molecule has 1 aliphatic rings. The number of rotatable bonds is 4. The number of allylic oxidation sites excluding steroid dienone is 1. The first-order valence-corrected chi connectivity index (χ1v) is 9.75. The van der Waals surface area contributed by atoms with E-state index in [1.165, 1.54) is 17.7 Å². The largest absolute Gasteiger partial charge is 0.478 e. The fourth-order valence-corrected chi connectivity index (χ4v) is 3.77. The zero-order valence-corrected chi connectivity index (χ0v) is 16.8. The number of hydrogen-bond acceptors (Lipinski definition) is 3. The molecule has 1 amide bonds. The summed E-state index contributed by atoms with van der Waals surface area (Å²) in [5.74, 6) is -1.24. The standard InChI is InChI=1S/C25H22N2O3/c1-25(2)12-11-20(18-4-3-13-26-15-18)21-14-17(7-10-22(21)25)23(28)27-19-8-5-16(6-9-19)24(29)30/h3-11,13-15H,12H2,1-2H3,(H,27,28)(H,29,30). The van der Waals surface area contributed by atoms with Gasteiger partial charge >= 0.3 is 5.97 Å². The maximum Gasteiger partial charge on any atom is 0.335 e. The maximum absolute atomic E-state index is 12.9. The SMILES string of the molecule is CC1(C)CC=C(c2cccnc2)c2cc(C(=O)Nc3ccc(C(=O)O)cc3)ccc21. The molecule has 5 nitrogen and oxygen atoms in total. The number of carboxylic acid groups (broad SMARTS) is 1. The summed E-state index contributed by atoms with van der Waals surface area (Å²) in [6.07, 6.45) is 6.71. The zero-order valence-electron chi connectivity index (χ0n) is 16.8. The van der Waals surface area contributed by atoms with Gasteiger partial charge in [-0.1, -0.05) is 32.1 Å². The molecule has 0 fully saturated rings. The Labute approximate surface area is 175 Å². The second-order valence-electron chi connectivity index (χ2n) is 8.04. The number of carbonyl (C=O) groups is 2. The highest BCUT2D eigenvalue weighted by molar-refractivity contribution is 6.05. The lowest BCUT2D eigenvalue weighted by molar-refractivity contribution is 0.0696. The smallest absolute Gasteiger partial charge is 0.335 e. The summed E-state index contributed by atoms with van der Waals surface area (Å²) in [5.41, 5.74) is 5.58. The number of nitrogens with one attached hydrogen (secondary N) is 1. The average Bonchev–Trinajstić information content (AvgIpc) is 2.74. The minimum atomic E-state index is -1.00. The van der Waals surface area contributed by atoms with Gasteiger partial charge in [-0.05, 0) is 71.0 Å². The Balaban J connectivity index is 1.67. The van der Waals surface area contributed by atoms with Gasteiger partial charge in [-0.2, -0.15) is 0 Å². The Bertz CT molecular complexity index is 1150. The molecule has 0 atom stereocenters. The summed E-state index contributed by atoms with van der Waals surface area (Å²) in [5, 5.41) is 11.9. The highest BCUT2D eigenvalue weighted by Crippen LogP contribution is 2.41.